The van der Waals surface area contributed by atoms with Gasteiger partial charge < -0.3 is 33.4 Å². The van der Waals surface area contributed by atoms with E-state index < -0.39 is 0 Å². The Morgan fingerprint density at radius 1 is 0.931 bits per heavy atom. The molecular formula is C20H22Br2Cl2MgO4. The number of hydrogen-bond acceptors (Lipinski definition) is 4. The maximum atomic E-state index is 11.2. The molecule has 0 heterocycles. The molecule has 0 bridgehead atoms. The third-order valence-corrected chi connectivity index (χ3v) is 4.32. The Balaban J connectivity index is -0.000000404. The third-order valence-electron chi connectivity index (χ3n) is 3.19. The molecule has 156 valence electrons. The molecule has 0 radical (unpaired) electrons. The van der Waals surface area contributed by atoms with Crippen molar-refractivity contribution < 1.29 is 36.0 Å². The second-order valence-electron chi connectivity index (χ2n) is 4.76. The molecule has 2 aromatic rings. The zero-order chi connectivity index (χ0) is 21.0. The second kappa shape index (κ2) is 18.5. The van der Waals surface area contributed by atoms with E-state index in [0.717, 1.165) is 12.0 Å². The van der Waals surface area contributed by atoms with Crippen molar-refractivity contribution in [2.24, 2.45) is 0 Å². The zero-order valence-corrected chi connectivity index (χ0v) is 22.8. The van der Waals surface area contributed by atoms with Crippen LogP contribution in [0.2, 0.25) is 10.0 Å². The fraction of sp³-hybridized carbons (Fsp3) is 0.250. The normalized spacial score (nSPS) is 8.55. The van der Waals surface area contributed by atoms with Crippen molar-refractivity contribution >= 4 is 74.1 Å². The van der Waals surface area contributed by atoms with Gasteiger partial charge in [-0.1, -0.05) is 30.1 Å². The maximum Gasteiger partial charge on any atom is 2.00 e. The molecule has 0 aliphatic carbocycles. The number of ether oxygens (including phenoxy) is 2. The molecular weight excluding hydrogens is 559 g/mol. The van der Waals surface area contributed by atoms with Gasteiger partial charge in [0.15, 0.2) is 0 Å². The van der Waals surface area contributed by atoms with Crippen LogP contribution in [0.3, 0.4) is 0 Å². The maximum absolute atomic E-state index is 11.2. The summed E-state index contributed by atoms with van der Waals surface area (Å²) in [4.78, 5) is 22.3. The first-order valence-electron chi connectivity index (χ1n) is 7.94. The van der Waals surface area contributed by atoms with Crippen LogP contribution in [0.5, 0.6) is 0 Å². The number of benzene rings is 2. The van der Waals surface area contributed by atoms with Crippen LogP contribution < -0.4 is 17.0 Å². The molecule has 0 aliphatic heterocycles. The summed E-state index contributed by atoms with van der Waals surface area (Å²) in [5.41, 5.74) is 1.98. The van der Waals surface area contributed by atoms with Crippen LogP contribution >= 0.6 is 39.1 Å². The summed E-state index contributed by atoms with van der Waals surface area (Å²) in [7, 11) is 2.71. The molecule has 0 aromatic heterocycles. The second-order valence-corrected chi connectivity index (χ2v) is 6.49. The van der Waals surface area contributed by atoms with E-state index in [9.17, 15) is 9.59 Å². The molecule has 4 nitrogen and oxygen atoms in total. The largest absolute Gasteiger partial charge is 2.00 e. The van der Waals surface area contributed by atoms with Crippen LogP contribution in [-0.4, -0.2) is 49.2 Å². The number of esters is 2. The molecule has 0 unspecified atom stereocenters. The molecule has 9 heteroatoms. The van der Waals surface area contributed by atoms with Gasteiger partial charge in [-0.05, 0) is 64.3 Å². The number of methoxy groups -OCH3 is 2. The molecule has 0 saturated carbocycles. The molecule has 29 heavy (non-hydrogen) atoms. The fourth-order valence-corrected chi connectivity index (χ4v) is 2.97. The van der Waals surface area contributed by atoms with Crippen LogP contribution in [0.1, 0.15) is 40.1 Å². The van der Waals surface area contributed by atoms with E-state index in [2.05, 4.69) is 32.3 Å². The fourth-order valence-electron chi connectivity index (χ4n) is 1.93. The number of carbonyl (C=O) groups is 2. The Bertz CT molecular complexity index is 774. The summed E-state index contributed by atoms with van der Waals surface area (Å²) in [6.45, 7) is 6.97. The minimum absolute atomic E-state index is 0. The van der Waals surface area contributed by atoms with Gasteiger partial charge in [0, 0.05) is 14.5 Å². The Morgan fingerprint density at radius 3 is 1.76 bits per heavy atom. The van der Waals surface area contributed by atoms with Crippen molar-refractivity contribution in [3.8, 4) is 0 Å². The van der Waals surface area contributed by atoms with Gasteiger partial charge in [-0.2, -0.15) is 6.92 Å². The summed E-state index contributed by atoms with van der Waals surface area (Å²) in [6, 6.07) is 10.1. The number of halogens is 4. The first kappa shape index (κ1) is 33.3. The van der Waals surface area contributed by atoms with E-state index in [1.807, 2.05) is 6.92 Å². The van der Waals surface area contributed by atoms with Gasteiger partial charge in [0.05, 0.1) is 25.3 Å². The van der Waals surface area contributed by atoms with Gasteiger partial charge in [-0.3, -0.25) is 0 Å². The molecule has 2 rings (SSSR count). The minimum atomic E-state index is -0.376. The summed E-state index contributed by atoms with van der Waals surface area (Å²) >= 11 is 14.7. The summed E-state index contributed by atoms with van der Waals surface area (Å²) in [5.74, 6) is -0.688. The monoisotopic (exact) mass is 578 g/mol. The van der Waals surface area contributed by atoms with Crippen molar-refractivity contribution in [1.82, 2.24) is 0 Å². The SMILES string of the molecule is CCc1cc(Cl)ccc1C(=O)OC.COC(=O)c1ccc(Cl)cc1Br.[Br-].[CH2-]C.[Mg+2]. The quantitative estimate of drug-likeness (QED) is 0.318. The van der Waals surface area contributed by atoms with Gasteiger partial charge >= 0.3 is 35.0 Å². The van der Waals surface area contributed by atoms with Crippen LogP contribution in [0.25, 0.3) is 0 Å². The van der Waals surface area contributed by atoms with E-state index in [0.29, 0.717) is 25.6 Å². The molecule has 0 atom stereocenters. The van der Waals surface area contributed by atoms with Crippen molar-refractivity contribution in [3.05, 3.63) is 74.5 Å². The van der Waals surface area contributed by atoms with Crippen LogP contribution in [0.4, 0.5) is 0 Å². The summed E-state index contributed by atoms with van der Waals surface area (Å²) in [6.07, 6.45) is 0.769. The van der Waals surface area contributed by atoms with E-state index in [1.54, 1.807) is 43.3 Å². The molecule has 0 N–H and O–H groups in total. The number of rotatable bonds is 3. The van der Waals surface area contributed by atoms with E-state index >= 15 is 0 Å². The predicted molar refractivity (Wildman–Crippen MR) is 119 cm³/mol. The Labute approximate surface area is 217 Å². The van der Waals surface area contributed by atoms with E-state index in [4.69, 9.17) is 23.2 Å². The van der Waals surface area contributed by atoms with Crippen LogP contribution in [-0.2, 0) is 15.9 Å². The first-order valence-corrected chi connectivity index (χ1v) is 9.49. The Kier molecular flexibility index (Phi) is 21.2. The van der Waals surface area contributed by atoms with Gasteiger partial charge in [-0.15, -0.1) is 0 Å². The number of hydrogen-bond donors (Lipinski definition) is 0. The molecule has 0 amide bonds. The average Bonchev–Trinajstić information content (AvgIpc) is 2.68. The standard InChI is InChI=1S/C10H11ClO2.C8H6BrClO2.C2H5.BrH.Mg/c1-3-7-6-8(11)4-5-9(7)10(12)13-2;1-12-8(11)6-3-2-5(10)4-7(6)9;1-2;;/h4-6H,3H2,1-2H3;2-4H,1H3;1H2,2H3;1H;/q;;-1;;+2/p-1. The van der Waals surface area contributed by atoms with E-state index in [-0.39, 0.29) is 52.0 Å². The number of carbonyl (C=O) groups excluding carboxylic acids is 2. The van der Waals surface area contributed by atoms with Crippen molar-refractivity contribution in [2.45, 2.75) is 20.3 Å². The van der Waals surface area contributed by atoms with Gasteiger partial charge in [0.2, 0.25) is 0 Å². The van der Waals surface area contributed by atoms with Gasteiger partial charge in [0.25, 0.3) is 0 Å². The van der Waals surface area contributed by atoms with E-state index in [1.165, 1.54) is 14.2 Å². The summed E-state index contributed by atoms with van der Waals surface area (Å²) in [5, 5.41) is 1.22. The van der Waals surface area contributed by atoms with Crippen molar-refractivity contribution in [2.75, 3.05) is 14.2 Å². The molecule has 0 saturated heterocycles. The molecule has 0 spiro atoms. The smallest absolute Gasteiger partial charge is 1.00 e. The summed E-state index contributed by atoms with van der Waals surface area (Å²) < 4.78 is 9.82. The van der Waals surface area contributed by atoms with Crippen LogP contribution in [0.15, 0.2) is 40.9 Å². The first-order chi connectivity index (χ1) is 12.8. The topological polar surface area (TPSA) is 52.6 Å². The third kappa shape index (κ3) is 11.6. The van der Waals surface area contributed by atoms with Gasteiger partial charge in [0.1, 0.15) is 0 Å². The molecule has 0 fully saturated rings. The van der Waals surface area contributed by atoms with Crippen molar-refractivity contribution in [1.29, 1.82) is 0 Å². The number of aryl methyl sites for hydroxylation is 1. The molecule has 0 aliphatic rings. The zero-order valence-electron chi connectivity index (χ0n) is 16.7. The Morgan fingerprint density at radius 2 is 1.34 bits per heavy atom. The minimum Gasteiger partial charge on any atom is -1.00 e. The molecule has 2 aromatic carbocycles. The average molecular weight is 581 g/mol. The van der Waals surface area contributed by atoms with Crippen molar-refractivity contribution in [3.63, 3.8) is 0 Å². The van der Waals surface area contributed by atoms with Crippen LogP contribution in [0, 0.1) is 6.92 Å². The van der Waals surface area contributed by atoms with Gasteiger partial charge in [-0.25, -0.2) is 9.59 Å². The predicted octanol–water partition coefficient (Wildman–Crippen LogP) is 3.04. The Hall–Kier alpha value is -0.314.